The number of halogens is 1. The summed E-state index contributed by atoms with van der Waals surface area (Å²) in [7, 11) is 2.02. The molecule has 2 heterocycles. The minimum atomic E-state index is 0.943. The fourth-order valence-corrected chi connectivity index (χ4v) is 2.64. The van der Waals surface area contributed by atoms with Gasteiger partial charge in [-0.15, -0.1) is 0 Å². The molecule has 0 radical (unpaired) electrons. The molecule has 0 aliphatic carbocycles. The number of hydrogen-bond donors (Lipinski definition) is 0. The lowest BCUT2D eigenvalue weighted by atomic mass is 10.2. The minimum absolute atomic E-state index is 0.943. The molecule has 0 aromatic carbocycles. The van der Waals surface area contributed by atoms with E-state index in [1.54, 1.807) is 0 Å². The van der Waals surface area contributed by atoms with Gasteiger partial charge in [-0.05, 0) is 28.8 Å². The number of aromatic nitrogens is 3. The summed E-state index contributed by atoms with van der Waals surface area (Å²) >= 11 is 3.57. The van der Waals surface area contributed by atoms with Gasteiger partial charge in [-0.1, -0.05) is 13.8 Å². The van der Waals surface area contributed by atoms with Crippen molar-refractivity contribution in [3.05, 3.63) is 22.2 Å². The van der Waals surface area contributed by atoms with Gasteiger partial charge in [-0.2, -0.15) is 0 Å². The number of aryl methyl sites for hydroxylation is 3. The first-order valence-corrected chi connectivity index (χ1v) is 6.47. The third-order valence-electron chi connectivity index (χ3n) is 2.70. The number of fused-ring (bicyclic) bond motifs is 1. The predicted molar refractivity (Wildman–Crippen MR) is 69.6 cm³/mol. The van der Waals surface area contributed by atoms with Crippen LogP contribution in [-0.4, -0.2) is 14.5 Å². The molecule has 2 rings (SSSR count). The zero-order chi connectivity index (χ0) is 11.7. The van der Waals surface area contributed by atoms with Gasteiger partial charge in [-0.25, -0.2) is 9.97 Å². The first kappa shape index (κ1) is 11.6. The minimum Gasteiger partial charge on any atom is -0.334 e. The van der Waals surface area contributed by atoms with Crippen LogP contribution in [0.15, 0.2) is 10.7 Å². The van der Waals surface area contributed by atoms with Gasteiger partial charge in [0.15, 0.2) is 0 Å². The predicted octanol–water partition coefficient (Wildman–Crippen LogP) is 3.25. The number of nitrogens with zero attached hydrogens (tertiary/aromatic N) is 3. The zero-order valence-corrected chi connectivity index (χ0v) is 11.5. The van der Waals surface area contributed by atoms with Crippen LogP contribution < -0.4 is 0 Å². The van der Waals surface area contributed by atoms with Crippen LogP contribution in [0.25, 0.3) is 11.0 Å². The van der Waals surface area contributed by atoms with Gasteiger partial charge in [0.2, 0.25) is 0 Å². The van der Waals surface area contributed by atoms with Gasteiger partial charge in [0.05, 0.1) is 11.1 Å². The van der Waals surface area contributed by atoms with Crippen molar-refractivity contribution < 1.29 is 0 Å². The smallest absolute Gasteiger partial charge is 0.144 e. The summed E-state index contributed by atoms with van der Waals surface area (Å²) in [4.78, 5) is 9.24. The molecule has 0 N–H and O–H groups in total. The van der Waals surface area contributed by atoms with Crippen LogP contribution in [0, 0.1) is 0 Å². The fraction of sp³-hybridized carbons (Fsp3) is 0.500. The van der Waals surface area contributed by atoms with Crippen LogP contribution in [0.1, 0.15) is 31.8 Å². The summed E-state index contributed by atoms with van der Waals surface area (Å²) in [5.74, 6) is 0.959. The monoisotopic (exact) mass is 281 g/mol. The number of hydrogen-bond acceptors (Lipinski definition) is 2. The summed E-state index contributed by atoms with van der Waals surface area (Å²) in [5.41, 5.74) is 2.17. The Morgan fingerprint density at radius 1 is 1.31 bits per heavy atom. The van der Waals surface area contributed by atoms with Gasteiger partial charge >= 0.3 is 0 Å². The second-order valence-corrected chi connectivity index (χ2v) is 4.83. The molecule has 0 bridgehead atoms. The molecule has 3 nitrogen and oxygen atoms in total. The van der Waals surface area contributed by atoms with Crippen LogP contribution in [0.2, 0.25) is 0 Å². The molecule has 2 aromatic heterocycles. The molecule has 4 heteroatoms. The van der Waals surface area contributed by atoms with Crippen molar-refractivity contribution >= 4 is 27.0 Å². The highest BCUT2D eigenvalue weighted by molar-refractivity contribution is 9.10. The zero-order valence-electron chi connectivity index (χ0n) is 9.92. The summed E-state index contributed by atoms with van der Waals surface area (Å²) in [6.45, 7) is 4.29. The van der Waals surface area contributed by atoms with Crippen LogP contribution in [0.5, 0.6) is 0 Å². The maximum absolute atomic E-state index is 4.63. The molecular formula is C12H16BrN3. The van der Waals surface area contributed by atoms with E-state index in [4.69, 9.17) is 0 Å². The second kappa shape index (κ2) is 4.53. The molecule has 0 aliphatic rings. The van der Waals surface area contributed by atoms with Crippen molar-refractivity contribution in [2.24, 2.45) is 7.05 Å². The van der Waals surface area contributed by atoms with E-state index in [-0.39, 0.29) is 0 Å². The average molecular weight is 282 g/mol. The van der Waals surface area contributed by atoms with Crippen molar-refractivity contribution in [1.82, 2.24) is 14.5 Å². The largest absolute Gasteiger partial charge is 0.334 e. The van der Waals surface area contributed by atoms with Crippen molar-refractivity contribution in [3.8, 4) is 0 Å². The van der Waals surface area contributed by atoms with Crippen molar-refractivity contribution in [2.75, 3.05) is 0 Å². The van der Waals surface area contributed by atoms with E-state index in [1.165, 1.54) is 0 Å². The third kappa shape index (κ3) is 1.86. The lowest BCUT2D eigenvalue weighted by Gasteiger charge is -2.04. The lowest BCUT2D eigenvalue weighted by Crippen LogP contribution is -2.01. The van der Waals surface area contributed by atoms with Crippen molar-refractivity contribution in [3.63, 3.8) is 0 Å². The van der Waals surface area contributed by atoms with Crippen molar-refractivity contribution in [1.29, 1.82) is 0 Å². The second-order valence-electron chi connectivity index (χ2n) is 3.98. The first-order chi connectivity index (χ1) is 7.67. The van der Waals surface area contributed by atoms with E-state index in [1.807, 2.05) is 13.2 Å². The maximum atomic E-state index is 4.63. The molecule has 0 aliphatic heterocycles. The SMILES string of the molecule is CCCc1nc(CC)c2c(Br)cn(C)c2n1. The Kier molecular flexibility index (Phi) is 3.28. The Balaban J connectivity index is 2.70. The quantitative estimate of drug-likeness (QED) is 0.865. The van der Waals surface area contributed by atoms with E-state index in [2.05, 4.69) is 44.3 Å². The Bertz CT molecular complexity index is 516. The van der Waals surface area contributed by atoms with Gasteiger partial charge in [0.1, 0.15) is 11.5 Å². The first-order valence-electron chi connectivity index (χ1n) is 5.67. The molecule has 86 valence electrons. The highest BCUT2D eigenvalue weighted by atomic mass is 79.9. The Labute approximate surface area is 104 Å². The molecule has 0 unspecified atom stereocenters. The third-order valence-corrected chi connectivity index (χ3v) is 3.30. The summed E-state index contributed by atoms with van der Waals surface area (Å²) in [6.07, 6.45) is 5.03. The van der Waals surface area contributed by atoms with Crippen LogP contribution in [0.3, 0.4) is 0 Å². The molecule has 0 spiro atoms. The van der Waals surface area contributed by atoms with Crippen molar-refractivity contribution in [2.45, 2.75) is 33.1 Å². The maximum Gasteiger partial charge on any atom is 0.144 e. The Hall–Kier alpha value is -0.900. The molecule has 0 atom stereocenters. The van der Waals surface area contributed by atoms with E-state index in [9.17, 15) is 0 Å². The summed E-state index contributed by atoms with van der Waals surface area (Å²) < 4.78 is 3.14. The normalized spacial score (nSPS) is 11.2. The molecule has 16 heavy (non-hydrogen) atoms. The van der Waals surface area contributed by atoms with Crippen LogP contribution >= 0.6 is 15.9 Å². The van der Waals surface area contributed by atoms with Crippen LogP contribution in [-0.2, 0) is 19.9 Å². The van der Waals surface area contributed by atoms with Gasteiger partial charge in [0, 0.05) is 24.1 Å². The Morgan fingerprint density at radius 3 is 2.69 bits per heavy atom. The molecule has 0 amide bonds. The lowest BCUT2D eigenvalue weighted by molar-refractivity contribution is 0.815. The molecule has 0 fully saturated rings. The Morgan fingerprint density at radius 2 is 2.06 bits per heavy atom. The highest BCUT2D eigenvalue weighted by Gasteiger charge is 2.12. The molecular weight excluding hydrogens is 266 g/mol. The summed E-state index contributed by atoms with van der Waals surface area (Å²) in [6, 6.07) is 0. The highest BCUT2D eigenvalue weighted by Crippen LogP contribution is 2.27. The van der Waals surface area contributed by atoms with Gasteiger partial charge in [0.25, 0.3) is 0 Å². The average Bonchev–Trinajstić information content (AvgIpc) is 2.54. The van der Waals surface area contributed by atoms with E-state index in [0.717, 1.165) is 46.3 Å². The molecule has 0 saturated carbocycles. The molecule has 0 saturated heterocycles. The topological polar surface area (TPSA) is 30.7 Å². The van der Waals surface area contributed by atoms with E-state index >= 15 is 0 Å². The van der Waals surface area contributed by atoms with E-state index in [0.29, 0.717) is 0 Å². The molecule has 2 aromatic rings. The van der Waals surface area contributed by atoms with Gasteiger partial charge in [-0.3, -0.25) is 0 Å². The number of rotatable bonds is 3. The van der Waals surface area contributed by atoms with Gasteiger partial charge < -0.3 is 4.57 Å². The fourth-order valence-electron chi connectivity index (χ4n) is 1.93. The standard InChI is InChI=1S/C12H16BrN3/c1-4-6-10-14-9(5-2)11-8(13)7-16(3)12(11)15-10/h7H,4-6H2,1-3H3. The summed E-state index contributed by atoms with van der Waals surface area (Å²) in [5, 5.41) is 1.16. The van der Waals surface area contributed by atoms with E-state index < -0.39 is 0 Å². The van der Waals surface area contributed by atoms with Crippen LogP contribution in [0.4, 0.5) is 0 Å².